The van der Waals surface area contributed by atoms with Gasteiger partial charge in [0.15, 0.2) is 0 Å². The van der Waals surface area contributed by atoms with Crippen molar-refractivity contribution < 1.29 is 24.5 Å². The van der Waals surface area contributed by atoms with E-state index in [1.54, 1.807) is 32.1 Å². The van der Waals surface area contributed by atoms with Crippen molar-refractivity contribution in [1.29, 1.82) is 0 Å². The van der Waals surface area contributed by atoms with Crippen LogP contribution in [0.4, 0.5) is 0 Å². The number of aromatic nitrogens is 1. The molecule has 0 saturated heterocycles. The van der Waals surface area contributed by atoms with Gasteiger partial charge < -0.3 is 14.9 Å². The summed E-state index contributed by atoms with van der Waals surface area (Å²) in [5, 5.41) is 24.6. The smallest absolute Gasteiger partial charge is 0.309 e. The third-order valence-electron chi connectivity index (χ3n) is 8.15. The second kappa shape index (κ2) is 10.7. The van der Waals surface area contributed by atoms with Gasteiger partial charge in [-0.25, -0.2) is 4.98 Å². The Morgan fingerprint density at radius 2 is 1.91 bits per heavy atom. The summed E-state index contributed by atoms with van der Waals surface area (Å²) in [6, 6.07) is 0. The van der Waals surface area contributed by atoms with E-state index in [0.29, 0.717) is 12.3 Å². The van der Waals surface area contributed by atoms with E-state index in [2.05, 4.69) is 18.0 Å². The van der Waals surface area contributed by atoms with E-state index in [4.69, 9.17) is 4.74 Å². The number of hydrogen-bond acceptors (Lipinski definition) is 7. The Hall–Kier alpha value is -1.83. The maximum Gasteiger partial charge on any atom is 0.309 e. The first-order valence-corrected chi connectivity index (χ1v) is 13.5. The lowest BCUT2D eigenvalue weighted by Gasteiger charge is -2.34. The average molecular weight is 504 g/mol. The van der Waals surface area contributed by atoms with Gasteiger partial charge in [0.1, 0.15) is 11.9 Å². The first kappa shape index (κ1) is 27.8. The molecule has 1 saturated carbocycles. The number of fused-ring (bicyclic) bond motifs is 1. The summed E-state index contributed by atoms with van der Waals surface area (Å²) in [4.78, 5) is 30.7. The number of cyclic esters (lactones) is 1. The molecule has 0 bridgehead atoms. The first-order chi connectivity index (χ1) is 16.2. The van der Waals surface area contributed by atoms with Crippen LogP contribution in [0.25, 0.3) is 6.08 Å². The average Bonchev–Trinajstić information content (AvgIpc) is 3.22. The minimum absolute atomic E-state index is 0.114. The van der Waals surface area contributed by atoms with E-state index >= 15 is 0 Å². The first-order valence-electron chi connectivity index (χ1n) is 12.6. The summed E-state index contributed by atoms with van der Waals surface area (Å²) in [5.74, 6) is -1.26. The van der Waals surface area contributed by atoms with Gasteiger partial charge in [0.05, 0.1) is 34.7 Å². The lowest BCUT2D eigenvalue weighted by atomic mass is 9.73. The zero-order valence-electron chi connectivity index (χ0n) is 22.1. The highest BCUT2D eigenvalue weighted by molar-refractivity contribution is 7.09. The largest absolute Gasteiger partial charge is 0.458 e. The molecule has 2 N–H and O–H groups in total. The Kier molecular flexibility index (Phi) is 8.45. The van der Waals surface area contributed by atoms with E-state index in [9.17, 15) is 19.8 Å². The van der Waals surface area contributed by atoms with Gasteiger partial charge in [0.25, 0.3) is 0 Å². The molecule has 194 valence electrons. The highest BCUT2D eigenvalue weighted by Gasteiger charge is 2.50. The number of thiazole rings is 1. The third kappa shape index (κ3) is 6.49. The summed E-state index contributed by atoms with van der Waals surface area (Å²) in [6.45, 7) is 13.0. The summed E-state index contributed by atoms with van der Waals surface area (Å²) in [5.41, 5.74) is 0.685. The van der Waals surface area contributed by atoms with Crippen molar-refractivity contribution in [3.05, 3.63) is 33.8 Å². The SMILES string of the molecule is CC(=Cc1csc(C)n1)[C@@H]1CC2CC2(C)CC=C[C@H](C)[C@H](O)[C@@H](C)C(=O)C(C)(C)[C@@H](O)CC(=O)O1. The molecule has 7 heteroatoms. The molecule has 2 aliphatic rings. The van der Waals surface area contributed by atoms with Crippen molar-refractivity contribution in [1.82, 2.24) is 4.98 Å². The fourth-order valence-corrected chi connectivity index (χ4v) is 5.70. The van der Waals surface area contributed by atoms with Crippen LogP contribution < -0.4 is 0 Å². The van der Waals surface area contributed by atoms with Crippen LogP contribution in [0, 0.1) is 35.5 Å². The number of nitrogens with zero attached hydrogens (tertiary/aromatic N) is 1. The number of carbonyl (C=O) groups excluding carboxylic acids is 2. The van der Waals surface area contributed by atoms with Crippen LogP contribution >= 0.6 is 11.3 Å². The lowest BCUT2D eigenvalue weighted by molar-refractivity contribution is -0.154. The third-order valence-corrected chi connectivity index (χ3v) is 8.94. The van der Waals surface area contributed by atoms with Crippen molar-refractivity contribution in [2.24, 2.45) is 28.6 Å². The minimum atomic E-state index is -1.21. The van der Waals surface area contributed by atoms with Crippen LogP contribution in [0.1, 0.15) is 77.9 Å². The maximum absolute atomic E-state index is 13.2. The standard InChI is InChI=1S/C28H41NO5S/c1-16-9-8-10-28(7)14-20(28)12-22(17(2)11-21-15-35-19(4)29-21)34-24(31)13-23(30)27(5,6)26(33)18(3)25(16)32/h8-9,11,15-16,18,20,22-23,25,30,32H,10,12-14H2,1-7H3/t16-,18+,20?,22-,23-,25-,28?/m0/s1. The van der Waals surface area contributed by atoms with E-state index in [1.165, 1.54) is 0 Å². The van der Waals surface area contributed by atoms with Crippen LogP contribution in [-0.2, 0) is 14.3 Å². The number of rotatable bonds is 2. The van der Waals surface area contributed by atoms with Crippen LogP contribution in [0.3, 0.4) is 0 Å². The molecule has 1 aromatic heterocycles. The van der Waals surface area contributed by atoms with Crippen molar-refractivity contribution in [2.75, 3.05) is 0 Å². The fourth-order valence-electron chi connectivity index (χ4n) is 5.13. The highest BCUT2D eigenvalue weighted by Crippen LogP contribution is 2.58. The monoisotopic (exact) mass is 503 g/mol. The van der Waals surface area contributed by atoms with Crippen LogP contribution in [0.2, 0.25) is 0 Å². The summed E-state index contributed by atoms with van der Waals surface area (Å²) in [7, 11) is 0. The molecular formula is C28H41NO5S. The maximum atomic E-state index is 13.2. The molecule has 7 atom stereocenters. The number of Topliss-reactive ketones (excluding diaryl/α,β-unsaturated/α-hetero) is 1. The molecule has 6 nitrogen and oxygen atoms in total. The van der Waals surface area contributed by atoms with Gasteiger partial charge in [0, 0.05) is 17.2 Å². The predicted octanol–water partition coefficient (Wildman–Crippen LogP) is 5.12. The molecule has 0 aromatic carbocycles. The molecule has 2 unspecified atom stereocenters. The molecule has 1 fully saturated rings. The van der Waals surface area contributed by atoms with Crippen molar-refractivity contribution in [3.63, 3.8) is 0 Å². The zero-order chi connectivity index (χ0) is 26.1. The number of ether oxygens (including phenoxy) is 1. The van der Waals surface area contributed by atoms with Gasteiger partial charge in [-0.05, 0) is 56.1 Å². The number of esters is 1. The predicted molar refractivity (Wildman–Crippen MR) is 139 cm³/mol. The van der Waals surface area contributed by atoms with E-state index in [0.717, 1.165) is 29.1 Å². The fraction of sp³-hybridized carbons (Fsp3) is 0.679. The number of allylic oxidation sites excluding steroid dienone is 1. The Balaban J connectivity index is 1.89. The quantitative estimate of drug-likeness (QED) is 0.429. The molecule has 1 aliphatic heterocycles. The molecule has 2 heterocycles. The number of hydrogen-bond donors (Lipinski definition) is 2. The van der Waals surface area contributed by atoms with Gasteiger partial charge in [-0.3, -0.25) is 9.59 Å². The minimum Gasteiger partial charge on any atom is -0.458 e. The lowest BCUT2D eigenvalue weighted by Crippen LogP contribution is -2.45. The Bertz CT molecular complexity index is 995. The number of aliphatic hydroxyl groups is 2. The molecule has 0 amide bonds. The number of carbonyl (C=O) groups is 2. The number of ketones is 1. The summed E-state index contributed by atoms with van der Waals surface area (Å²) < 4.78 is 5.93. The van der Waals surface area contributed by atoms with Crippen molar-refractivity contribution >= 4 is 29.2 Å². The molecule has 1 aromatic rings. The van der Waals surface area contributed by atoms with E-state index in [-0.39, 0.29) is 23.5 Å². The second-order valence-corrected chi connectivity index (χ2v) is 12.6. The zero-order valence-corrected chi connectivity index (χ0v) is 22.9. The molecule has 1 aliphatic carbocycles. The van der Waals surface area contributed by atoms with Gasteiger partial charge >= 0.3 is 5.97 Å². The summed E-state index contributed by atoms with van der Waals surface area (Å²) >= 11 is 1.58. The van der Waals surface area contributed by atoms with E-state index < -0.39 is 35.6 Å². The van der Waals surface area contributed by atoms with Gasteiger partial charge in [-0.2, -0.15) is 0 Å². The molecule has 3 rings (SSSR count). The summed E-state index contributed by atoms with van der Waals surface area (Å²) in [6.07, 6.45) is 5.91. The van der Waals surface area contributed by atoms with Gasteiger partial charge in [-0.1, -0.05) is 46.8 Å². The van der Waals surface area contributed by atoms with E-state index in [1.807, 2.05) is 38.3 Å². The highest BCUT2D eigenvalue weighted by atomic mass is 32.1. The Morgan fingerprint density at radius 1 is 1.23 bits per heavy atom. The number of aliphatic hydroxyl groups excluding tert-OH is 2. The molecule has 0 radical (unpaired) electrons. The number of aryl methyl sites for hydroxylation is 1. The van der Waals surface area contributed by atoms with Crippen molar-refractivity contribution in [3.8, 4) is 0 Å². The van der Waals surface area contributed by atoms with Crippen LogP contribution in [0.5, 0.6) is 0 Å². The Morgan fingerprint density at radius 3 is 2.54 bits per heavy atom. The van der Waals surface area contributed by atoms with Crippen LogP contribution in [0.15, 0.2) is 23.1 Å². The second-order valence-electron chi connectivity index (χ2n) is 11.5. The Labute approximate surface area is 213 Å². The molecule has 35 heavy (non-hydrogen) atoms. The normalized spacial score (nSPS) is 37.0. The van der Waals surface area contributed by atoms with Gasteiger partial charge in [0.2, 0.25) is 0 Å². The van der Waals surface area contributed by atoms with Crippen LogP contribution in [-0.4, -0.2) is 45.3 Å². The molecule has 0 spiro atoms. The topological polar surface area (TPSA) is 96.7 Å². The van der Waals surface area contributed by atoms with Gasteiger partial charge in [-0.15, -0.1) is 11.3 Å². The molecular weight excluding hydrogens is 462 g/mol. The van der Waals surface area contributed by atoms with Crippen molar-refractivity contribution in [2.45, 2.75) is 92.5 Å².